The SMILES string of the molecule is C=C.C=C/C(=C\C=C\C(O)CCC=O)C(C)(C)C(=O)OCC. The van der Waals surface area contributed by atoms with E-state index in [1.54, 1.807) is 45.1 Å². The highest BCUT2D eigenvalue weighted by Gasteiger charge is 2.31. The van der Waals surface area contributed by atoms with Crippen LogP contribution in [0, 0.1) is 5.41 Å². The van der Waals surface area contributed by atoms with Gasteiger partial charge >= 0.3 is 5.97 Å². The highest BCUT2D eigenvalue weighted by Crippen LogP contribution is 2.28. The Bertz CT molecular complexity index is 405. The van der Waals surface area contributed by atoms with Crippen molar-refractivity contribution < 1.29 is 19.4 Å². The summed E-state index contributed by atoms with van der Waals surface area (Å²) in [7, 11) is 0. The number of aliphatic hydroxyl groups is 1. The number of rotatable bonds is 9. The first-order chi connectivity index (χ1) is 10.4. The summed E-state index contributed by atoms with van der Waals surface area (Å²) in [5.41, 5.74) is -0.0923. The molecule has 0 radical (unpaired) electrons. The second-order valence-corrected chi connectivity index (χ2v) is 4.87. The Kier molecular flexibility index (Phi) is 13.0. The van der Waals surface area contributed by atoms with Crippen LogP contribution in [0.15, 0.2) is 49.6 Å². The fraction of sp³-hybridized carbons (Fsp3) is 0.444. The lowest BCUT2D eigenvalue weighted by atomic mass is 9.84. The molecule has 1 atom stereocenters. The van der Waals surface area contributed by atoms with Crippen molar-refractivity contribution in [3.63, 3.8) is 0 Å². The van der Waals surface area contributed by atoms with E-state index in [0.29, 0.717) is 25.0 Å². The largest absolute Gasteiger partial charge is 0.465 e. The van der Waals surface area contributed by atoms with Crippen LogP contribution >= 0.6 is 0 Å². The Morgan fingerprint density at radius 3 is 2.41 bits per heavy atom. The highest BCUT2D eigenvalue weighted by atomic mass is 16.5. The third kappa shape index (κ3) is 8.37. The van der Waals surface area contributed by atoms with Gasteiger partial charge in [0, 0.05) is 6.42 Å². The molecular formula is C18H28O4. The highest BCUT2D eigenvalue weighted by molar-refractivity contribution is 5.80. The molecule has 0 rings (SSSR count). The minimum atomic E-state index is -0.796. The molecule has 0 aromatic carbocycles. The van der Waals surface area contributed by atoms with Crippen molar-refractivity contribution in [3.05, 3.63) is 49.6 Å². The number of hydrogen-bond donors (Lipinski definition) is 1. The van der Waals surface area contributed by atoms with Crippen molar-refractivity contribution in [2.45, 2.75) is 39.7 Å². The van der Waals surface area contributed by atoms with Crippen LogP contribution < -0.4 is 0 Å². The molecule has 4 nitrogen and oxygen atoms in total. The number of ether oxygens (including phenoxy) is 1. The zero-order valence-corrected chi connectivity index (χ0v) is 13.9. The summed E-state index contributed by atoms with van der Waals surface area (Å²) in [5.74, 6) is -0.318. The van der Waals surface area contributed by atoms with E-state index in [-0.39, 0.29) is 5.97 Å². The third-order valence-electron chi connectivity index (χ3n) is 2.92. The van der Waals surface area contributed by atoms with Gasteiger partial charge in [0.25, 0.3) is 0 Å². The van der Waals surface area contributed by atoms with E-state index in [9.17, 15) is 14.7 Å². The van der Waals surface area contributed by atoms with Crippen molar-refractivity contribution in [3.8, 4) is 0 Å². The fourth-order valence-electron chi connectivity index (χ4n) is 1.58. The summed E-state index contributed by atoms with van der Waals surface area (Å²) in [6, 6.07) is 0. The van der Waals surface area contributed by atoms with Crippen LogP contribution in [-0.4, -0.2) is 30.1 Å². The summed E-state index contributed by atoms with van der Waals surface area (Å²) in [5, 5.41) is 9.57. The average Bonchev–Trinajstić information content (AvgIpc) is 2.51. The first kappa shape index (κ1) is 22.3. The van der Waals surface area contributed by atoms with E-state index in [2.05, 4.69) is 19.7 Å². The second kappa shape index (κ2) is 12.8. The first-order valence-electron chi connectivity index (χ1n) is 7.20. The maximum atomic E-state index is 11.9. The van der Waals surface area contributed by atoms with Crippen LogP contribution in [0.1, 0.15) is 33.6 Å². The van der Waals surface area contributed by atoms with E-state index < -0.39 is 11.5 Å². The van der Waals surface area contributed by atoms with E-state index in [0.717, 1.165) is 6.29 Å². The van der Waals surface area contributed by atoms with Gasteiger partial charge in [-0.1, -0.05) is 30.9 Å². The number of carbonyl (C=O) groups is 2. The van der Waals surface area contributed by atoms with Gasteiger partial charge < -0.3 is 14.6 Å². The average molecular weight is 308 g/mol. The topological polar surface area (TPSA) is 63.6 Å². The Balaban J connectivity index is 0. The third-order valence-corrected chi connectivity index (χ3v) is 2.92. The van der Waals surface area contributed by atoms with Crippen molar-refractivity contribution in [1.82, 2.24) is 0 Å². The van der Waals surface area contributed by atoms with Crippen LogP contribution in [-0.2, 0) is 14.3 Å². The normalized spacial score (nSPS) is 13.0. The number of aldehydes is 1. The van der Waals surface area contributed by atoms with Crippen LogP contribution in [0.4, 0.5) is 0 Å². The lowest BCUT2D eigenvalue weighted by molar-refractivity contribution is -0.151. The van der Waals surface area contributed by atoms with Crippen LogP contribution in [0.5, 0.6) is 0 Å². The summed E-state index contributed by atoms with van der Waals surface area (Å²) < 4.78 is 5.03. The monoisotopic (exact) mass is 308 g/mol. The summed E-state index contributed by atoms with van der Waals surface area (Å²) in [4.78, 5) is 22.1. The van der Waals surface area contributed by atoms with Crippen molar-refractivity contribution in [2.75, 3.05) is 6.61 Å². The molecule has 0 saturated heterocycles. The molecule has 0 amide bonds. The molecule has 1 N–H and O–H groups in total. The zero-order valence-electron chi connectivity index (χ0n) is 13.9. The van der Waals surface area contributed by atoms with Gasteiger partial charge in [-0.05, 0) is 32.8 Å². The number of carbonyl (C=O) groups excluding carboxylic acids is 2. The Morgan fingerprint density at radius 1 is 1.36 bits per heavy atom. The van der Waals surface area contributed by atoms with Gasteiger partial charge in [-0.15, -0.1) is 13.2 Å². The molecule has 4 heteroatoms. The molecule has 0 aromatic heterocycles. The molecule has 0 aliphatic heterocycles. The summed E-state index contributed by atoms with van der Waals surface area (Å²) in [6.07, 6.45) is 7.35. The fourth-order valence-corrected chi connectivity index (χ4v) is 1.58. The molecule has 0 saturated carbocycles. The van der Waals surface area contributed by atoms with E-state index in [1.807, 2.05) is 0 Å². The molecule has 1 unspecified atom stereocenters. The molecule has 0 aliphatic carbocycles. The Hall–Kier alpha value is -1.94. The van der Waals surface area contributed by atoms with Crippen LogP contribution in [0.3, 0.4) is 0 Å². The maximum absolute atomic E-state index is 11.9. The molecule has 0 spiro atoms. The van der Waals surface area contributed by atoms with E-state index in [1.165, 1.54) is 0 Å². The molecule has 0 heterocycles. The smallest absolute Gasteiger partial charge is 0.315 e. The van der Waals surface area contributed by atoms with Crippen LogP contribution in [0.25, 0.3) is 0 Å². The number of aliphatic hydroxyl groups excluding tert-OH is 1. The van der Waals surface area contributed by atoms with Gasteiger partial charge in [0.2, 0.25) is 0 Å². The predicted octanol–water partition coefficient (Wildman–Crippen LogP) is 3.39. The quantitative estimate of drug-likeness (QED) is 0.307. The molecule has 124 valence electrons. The Morgan fingerprint density at radius 2 is 1.95 bits per heavy atom. The second-order valence-electron chi connectivity index (χ2n) is 4.87. The number of esters is 1. The van der Waals surface area contributed by atoms with Crippen molar-refractivity contribution in [2.24, 2.45) is 5.41 Å². The number of hydrogen-bond acceptors (Lipinski definition) is 4. The van der Waals surface area contributed by atoms with Gasteiger partial charge in [0.15, 0.2) is 0 Å². The van der Waals surface area contributed by atoms with E-state index >= 15 is 0 Å². The summed E-state index contributed by atoms with van der Waals surface area (Å²) in [6.45, 7) is 15.3. The zero-order chi connectivity index (χ0) is 17.6. The molecule has 0 aromatic rings. The maximum Gasteiger partial charge on any atom is 0.315 e. The van der Waals surface area contributed by atoms with Gasteiger partial charge in [-0.25, -0.2) is 0 Å². The number of allylic oxidation sites excluding steroid dienone is 3. The predicted molar refractivity (Wildman–Crippen MR) is 90.4 cm³/mol. The molecular weight excluding hydrogens is 280 g/mol. The van der Waals surface area contributed by atoms with Crippen LogP contribution in [0.2, 0.25) is 0 Å². The molecule has 0 fully saturated rings. The first-order valence-corrected chi connectivity index (χ1v) is 7.20. The lowest BCUT2D eigenvalue weighted by Crippen LogP contribution is -2.28. The van der Waals surface area contributed by atoms with E-state index in [4.69, 9.17) is 4.74 Å². The van der Waals surface area contributed by atoms with Gasteiger partial charge in [0.1, 0.15) is 6.29 Å². The van der Waals surface area contributed by atoms with Crippen molar-refractivity contribution >= 4 is 12.3 Å². The molecule has 22 heavy (non-hydrogen) atoms. The Labute approximate surface area is 133 Å². The van der Waals surface area contributed by atoms with Gasteiger partial charge in [-0.2, -0.15) is 0 Å². The van der Waals surface area contributed by atoms with Crippen molar-refractivity contribution in [1.29, 1.82) is 0 Å². The lowest BCUT2D eigenvalue weighted by Gasteiger charge is -2.23. The minimum absolute atomic E-state index is 0.317. The van der Waals surface area contributed by atoms with Gasteiger partial charge in [-0.3, -0.25) is 4.79 Å². The molecule has 0 bridgehead atoms. The molecule has 0 aliphatic rings. The standard InChI is InChI=1S/C16H24O4.C2H4/c1-5-13(16(3,4)15(19)20-6-2)9-7-10-14(18)11-8-12-17;1-2/h5,7,9-10,12,14,18H,1,6,8,11H2,2-4H3;1-2H2/b10-7+,13-9+;. The van der Waals surface area contributed by atoms with Gasteiger partial charge in [0.05, 0.1) is 18.1 Å². The summed E-state index contributed by atoms with van der Waals surface area (Å²) >= 11 is 0. The minimum Gasteiger partial charge on any atom is -0.465 e.